The number of unbranched alkanes of at least 4 members (excludes halogenated alkanes) is 1. The molecule has 1 aromatic rings. The van der Waals surface area contributed by atoms with Crippen LogP contribution >= 0.6 is 0 Å². The van der Waals surface area contributed by atoms with E-state index in [1.807, 2.05) is 29.2 Å². The van der Waals surface area contributed by atoms with Crippen molar-refractivity contribution in [2.24, 2.45) is 0 Å². The molecule has 0 radical (unpaired) electrons. The molecule has 1 fully saturated rings. The summed E-state index contributed by atoms with van der Waals surface area (Å²) < 4.78 is 0. The van der Waals surface area contributed by atoms with Gasteiger partial charge in [-0.25, -0.2) is 0 Å². The van der Waals surface area contributed by atoms with E-state index in [9.17, 15) is 9.59 Å². The Labute approximate surface area is 120 Å². The Balaban J connectivity index is 1.85. The smallest absolute Gasteiger partial charge is 0.227 e. The fourth-order valence-electron chi connectivity index (χ4n) is 2.34. The first-order valence-electron chi connectivity index (χ1n) is 7.36. The lowest BCUT2D eigenvalue weighted by molar-refractivity contribution is -0.121. The van der Waals surface area contributed by atoms with E-state index in [1.165, 1.54) is 0 Å². The minimum absolute atomic E-state index is 0.102. The first-order valence-corrected chi connectivity index (χ1v) is 7.36. The van der Waals surface area contributed by atoms with Gasteiger partial charge in [-0.1, -0.05) is 25.5 Å². The Morgan fingerprint density at radius 1 is 1.30 bits per heavy atom. The molecule has 4 nitrogen and oxygen atoms in total. The number of nitrogens with one attached hydrogen (secondary N) is 1. The summed E-state index contributed by atoms with van der Waals surface area (Å²) in [5.74, 6) is 0.302. The second-order valence-electron chi connectivity index (χ2n) is 5.20. The molecule has 0 atom stereocenters. The van der Waals surface area contributed by atoms with Gasteiger partial charge in [-0.05, 0) is 30.5 Å². The SMILES string of the molecule is CCCCC(=O)NCc1ccc(N2CCCC2=O)cc1. The van der Waals surface area contributed by atoms with Crippen molar-refractivity contribution >= 4 is 17.5 Å². The summed E-state index contributed by atoms with van der Waals surface area (Å²) in [4.78, 5) is 25.0. The normalized spacial score (nSPS) is 14.7. The van der Waals surface area contributed by atoms with Crippen molar-refractivity contribution in [1.29, 1.82) is 0 Å². The maximum absolute atomic E-state index is 11.6. The number of carbonyl (C=O) groups is 2. The molecule has 0 bridgehead atoms. The predicted molar refractivity (Wildman–Crippen MR) is 79.4 cm³/mol. The van der Waals surface area contributed by atoms with Crippen molar-refractivity contribution in [3.63, 3.8) is 0 Å². The highest BCUT2D eigenvalue weighted by molar-refractivity contribution is 5.95. The van der Waals surface area contributed by atoms with E-state index < -0.39 is 0 Å². The van der Waals surface area contributed by atoms with Crippen LogP contribution in [0.3, 0.4) is 0 Å². The third-order valence-corrected chi connectivity index (χ3v) is 3.57. The van der Waals surface area contributed by atoms with Crippen molar-refractivity contribution in [1.82, 2.24) is 5.32 Å². The van der Waals surface area contributed by atoms with Gasteiger partial charge in [-0.15, -0.1) is 0 Å². The topological polar surface area (TPSA) is 49.4 Å². The number of hydrogen-bond acceptors (Lipinski definition) is 2. The zero-order valence-corrected chi connectivity index (χ0v) is 12.0. The van der Waals surface area contributed by atoms with Crippen LogP contribution in [0.15, 0.2) is 24.3 Å². The zero-order valence-electron chi connectivity index (χ0n) is 12.0. The monoisotopic (exact) mass is 274 g/mol. The molecule has 20 heavy (non-hydrogen) atoms. The number of benzene rings is 1. The number of rotatable bonds is 6. The Hall–Kier alpha value is -1.84. The third-order valence-electron chi connectivity index (χ3n) is 3.57. The van der Waals surface area contributed by atoms with Crippen molar-refractivity contribution in [2.45, 2.75) is 45.6 Å². The predicted octanol–water partition coefficient (Wildman–Crippen LogP) is 2.62. The summed E-state index contributed by atoms with van der Waals surface area (Å²) in [6.07, 6.45) is 4.15. The molecule has 0 unspecified atom stereocenters. The van der Waals surface area contributed by atoms with Crippen molar-refractivity contribution in [3.8, 4) is 0 Å². The third kappa shape index (κ3) is 3.83. The van der Waals surface area contributed by atoms with Gasteiger partial charge in [0.05, 0.1) is 0 Å². The average Bonchev–Trinajstić information content (AvgIpc) is 2.89. The van der Waals surface area contributed by atoms with Gasteiger partial charge in [-0.3, -0.25) is 9.59 Å². The lowest BCUT2D eigenvalue weighted by Crippen LogP contribution is -2.24. The Bertz CT molecular complexity index is 468. The number of anilines is 1. The van der Waals surface area contributed by atoms with E-state index in [0.29, 0.717) is 19.4 Å². The van der Waals surface area contributed by atoms with Crippen LogP contribution in [0.25, 0.3) is 0 Å². The highest BCUT2D eigenvalue weighted by Crippen LogP contribution is 2.21. The van der Waals surface area contributed by atoms with Gasteiger partial charge in [0.1, 0.15) is 0 Å². The van der Waals surface area contributed by atoms with Gasteiger partial charge in [-0.2, -0.15) is 0 Å². The van der Waals surface area contributed by atoms with Crippen LogP contribution in [-0.2, 0) is 16.1 Å². The standard InChI is InChI=1S/C16H22N2O2/c1-2-3-5-15(19)17-12-13-7-9-14(10-8-13)18-11-4-6-16(18)20/h7-10H,2-6,11-12H2,1H3,(H,17,19). The molecule has 1 heterocycles. The van der Waals surface area contributed by atoms with Crippen LogP contribution < -0.4 is 10.2 Å². The van der Waals surface area contributed by atoms with E-state index >= 15 is 0 Å². The minimum Gasteiger partial charge on any atom is -0.352 e. The van der Waals surface area contributed by atoms with E-state index in [-0.39, 0.29) is 11.8 Å². The Morgan fingerprint density at radius 2 is 2.05 bits per heavy atom. The molecule has 1 N–H and O–H groups in total. The summed E-state index contributed by atoms with van der Waals surface area (Å²) >= 11 is 0. The molecule has 2 rings (SSSR count). The van der Waals surface area contributed by atoms with E-state index in [1.54, 1.807) is 0 Å². The van der Waals surface area contributed by atoms with Crippen LogP contribution in [0.5, 0.6) is 0 Å². The zero-order chi connectivity index (χ0) is 14.4. The first kappa shape index (κ1) is 14.6. The molecule has 0 saturated carbocycles. The van der Waals surface area contributed by atoms with Gasteiger partial charge in [0.25, 0.3) is 0 Å². The number of amides is 2. The Morgan fingerprint density at radius 3 is 2.65 bits per heavy atom. The minimum atomic E-state index is 0.102. The van der Waals surface area contributed by atoms with Gasteiger partial charge < -0.3 is 10.2 Å². The molecule has 1 aromatic carbocycles. The van der Waals surface area contributed by atoms with E-state index in [0.717, 1.165) is 37.1 Å². The van der Waals surface area contributed by atoms with Gasteiger partial charge >= 0.3 is 0 Å². The van der Waals surface area contributed by atoms with Crippen LogP contribution in [0.2, 0.25) is 0 Å². The largest absolute Gasteiger partial charge is 0.352 e. The molecule has 0 spiro atoms. The van der Waals surface area contributed by atoms with Crippen molar-refractivity contribution in [2.75, 3.05) is 11.4 Å². The summed E-state index contributed by atoms with van der Waals surface area (Å²) in [6, 6.07) is 7.86. The maximum atomic E-state index is 11.6. The molecule has 0 aliphatic carbocycles. The lowest BCUT2D eigenvalue weighted by Gasteiger charge is -2.16. The summed E-state index contributed by atoms with van der Waals surface area (Å²) in [5, 5.41) is 2.91. The molecular weight excluding hydrogens is 252 g/mol. The fraction of sp³-hybridized carbons (Fsp3) is 0.500. The quantitative estimate of drug-likeness (QED) is 0.867. The number of carbonyl (C=O) groups excluding carboxylic acids is 2. The molecule has 1 aliphatic rings. The first-order chi connectivity index (χ1) is 9.70. The summed E-state index contributed by atoms with van der Waals surface area (Å²) in [7, 11) is 0. The second kappa shape index (κ2) is 7.08. The number of nitrogens with zero attached hydrogens (tertiary/aromatic N) is 1. The van der Waals surface area contributed by atoms with Gasteiger partial charge in [0.2, 0.25) is 11.8 Å². The van der Waals surface area contributed by atoms with Crippen LogP contribution in [0, 0.1) is 0 Å². The molecule has 2 amide bonds. The van der Waals surface area contributed by atoms with E-state index in [4.69, 9.17) is 0 Å². The lowest BCUT2D eigenvalue weighted by atomic mass is 10.2. The summed E-state index contributed by atoms with van der Waals surface area (Å²) in [6.45, 7) is 3.44. The fourth-order valence-corrected chi connectivity index (χ4v) is 2.34. The highest BCUT2D eigenvalue weighted by Gasteiger charge is 2.21. The van der Waals surface area contributed by atoms with Crippen LogP contribution in [-0.4, -0.2) is 18.4 Å². The summed E-state index contributed by atoms with van der Waals surface area (Å²) in [5.41, 5.74) is 2.01. The van der Waals surface area contributed by atoms with E-state index in [2.05, 4.69) is 12.2 Å². The van der Waals surface area contributed by atoms with Crippen LogP contribution in [0.1, 0.15) is 44.6 Å². The Kier molecular flexibility index (Phi) is 5.16. The van der Waals surface area contributed by atoms with Gasteiger partial charge in [0, 0.05) is 31.6 Å². The molecule has 4 heteroatoms. The molecule has 108 valence electrons. The maximum Gasteiger partial charge on any atom is 0.227 e. The number of hydrogen-bond donors (Lipinski definition) is 1. The second-order valence-corrected chi connectivity index (χ2v) is 5.20. The molecule has 1 saturated heterocycles. The molecule has 1 aliphatic heterocycles. The van der Waals surface area contributed by atoms with Gasteiger partial charge in [0.15, 0.2) is 0 Å². The van der Waals surface area contributed by atoms with Crippen molar-refractivity contribution < 1.29 is 9.59 Å². The van der Waals surface area contributed by atoms with Crippen LogP contribution in [0.4, 0.5) is 5.69 Å². The van der Waals surface area contributed by atoms with Crippen molar-refractivity contribution in [3.05, 3.63) is 29.8 Å². The molecular formula is C16H22N2O2. The molecule has 0 aromatic heterocycles. The average molecular weight is 274 g/mol. The highest BCUT2D eigenvalue weighted by atomic mass is 16.2.